The van der Waals surface area contributed by atoms with Gasteiger partial charge in [-0.1, -0.05) is 0 Å². The van der Waals surface area contributed by atoms with Gasteiger partial charge in [-0.3, -0.25) is 15.6 Å². The van der Waals surface area contributed by atoms with Crippen molar-refractivity contribution in [3.05, 3.63) is 47.9 Å². The minimum atomic E-state index is -0.425. The summed E-state index contributed by atoms with van der Waals surface area (Å²) in [7, 11) is 1.48. The van der Waals surface area contributed by atoms with Gasteiger partial charge in [-0.2, -0.15) is 4.98 Å². The molecule has 0 fully saturated rings. The summed E-state index contributed by atoms with van der Waals surface area (Å²) in [4.78, 5) is 19.5. The van der Waals surface area contributed by atoms with Crippen molar-refractivity contribution in [2.75, 3.05) is 12.5 Å². The Hall–Kier alpha value is -2.70. The van der Waals surface area contributed by atoms with Crippen LogP contribution in [0.5, 0.6) is 5.88 Å². The Morgan fingerprint density at radius 2 is 2.00 bits per heavy atom. The number of rotatable bonds is 4. The first-order valence-corrected chi connectivity index (χ1v) is 5.38. The van der Waals surface area contributed by atoms with E-state index in [9.17, 15) is 9.18 Å². The lowest BCUT2D eigenvalue weighted by Crippen LogP contribution is -2.30. The van der Waals surface area contributed by atoms with Crippen LogP contribution in [0.15, 0.2) is 36.5 Å². The summed E-state index contributed by atoms with van der Waals surface area (Å²) in [6, 6.07) is 6.73. The maximum atomic E-state index is 12.7. The number of nitrogens with zero attached hydrogens (tertiary/aromatic N) is 2. The molecule has 0 aliphatic heterocycles. The lowest BCUT2D eigenvalue weighted by molar-refractivity contribution is 0.0962. The number of ether oxygens (including phenoxy) is 1. The van der Waals surface area contributed by atoms with Gasteiger partial charge in [-0.05, 0) is 24.3 Å². The van der Waals surface area contributed by atoms with Gasteiger partial charge in [0.05, 0.1) is 7.11 Å². The molecule has 7 heteroatoms. The van der Waals surface area contributed by atoms with Crippen molar-refractivity contribution >= 4 is 11.9 Å². The summed E-state index contributed by atoms with van der Waals surface area (Å²) >= 11 is 0. The van der Waals surface area contributed by atoms with E-state index in [1.807, 2.05) is 0 Å². The number of methoxy groups -OCH3 is 1. The molecule has 0 atom stereocenters. The number of hydrogen-bond donors (Lipinski definition) is 2. The third-order valence-electron chi connectivity index (χ3n) is 2.23. The molecular formula is C12H11FN4O2. The third-order valence-corrected chi connectivity index (χ3v) is 2.23. The number of carbonyl (C=O) groups excluding carboxylic acids is 1. The Labute approximate surface area is 108 Å². The number of halogens is 1. The van der Waals surface area contributed by atoms with Crippen molar-refractivity contribution in [1.29, 1.82) is 0 Å². The molecule has 19 heavy (non-hydrogen) atoms. The number of aromatic nitrogens is 2. The zero-order chi connectivity index (χ0) is 13.7. The quantitative estimate of drug-likeness (QED) is 0.814. The van der Waals surface area contributed by atoms with Crippen LogP contribution in [-0.2, 0) is 0 Å². The van der Waals surface area contributed by atoms with Gasteiger partial charge >= 0.3 is 0 Å². The number of benzene rings is 1. The van der Waals surface area contributed by atoms with Crippen LogP contribution in [-0.4, -0.2) is 23.0 Å². The van der Waals surface area contributed by atoms with Gasteiger partial charge in [0.25, 0.3) is 5.91 Å². The minimum Gasteiger partial charge on any atom is -0.481 e. The number of anilines is 1. The van der Waals surface area contributed by atoms with E-state index in [1.54, 1.807) is 6.07 Å². The maximum Gasteiger partial charge on any atom is 0.269 e. The standard InChI is InChI=1S/C12H11FN4O2/c1-19-10-6-7-14-12(15-10)17-16-11(18)8-2-4-9(13)5-3-8/h2-7H,1H3,(H,16,18)(H,14,15,17). The highest BCUT2D eigenvalue weighted by atomic mass is 19.1. The van der Waals surface area contributed by atoms with Crippen molar-refractivity contribution in [1.82, 2.24) is 15.4 Å². The molecular weight excluding hydrogens is 251 g/mol. The molecule has 98 valence electrons. The van der Waals surface area contributed by atoms with Crippen molar-refractivity contribution in [2.45, 2.75) is 0 Å². The van der Waals surface area contributed by atoms with Crippen LogP contribution in [0.2, 0.25) is 0 Å². The predicted molar refractivity (Wildman–Crippen MR) is 66.1 cm³/mol. The molecule has 1 heterocycles. The van der Waals surface area contributed by atoms with Gasteiger partial charge in [0.2, 0.25) is 11.8 Å². The number of amides is 1. The van der Waals surface area contributed by atoms with E-state index in [0.29, 0.717) is 11.4 Å². The second kappa shape index (κ2) is 5.76. The summed E-state index contributed by atoms with van der Waals surface area (Å²) in [5.41, 5.74) is 5.25. The SMILES string of the molecule is COc1ccnc(NNC(=O)c2ccc(F)cc2)n1. The normalized spacial score (nSPS) is 9.79. The molecule has 0 radical (unpaired) electrons. The second-order valence-corrected chi connectivity index (χ2v) is 3.51. The highest BCUT2D eigenvalue weighted by Gasteiger charge is 2.06. The monoisotopic (exact) mass is 262 g/mol. The number of hydrogen-bond acceptors (Lipinski definition) is 5. The summed E-state index contributed by atoms with van der Waals surface area (Å²) in [6.07, 6.45) is 1.48. The fourth-order valence-corrected chi connectivity index (χ4v) is 1.30. The predicted octanol–water partition coefficient (Wildman–Crippen LogP) is 1.38. The Balaban J connectivity index is 1.98. The van der Waals surface area contributed by atoms with Gasteiger partial charge in [0.1, 0.15) is 5.82 Å². The lowest BCUT2D eigenvalue weighted by atomic mass is 10.2. The first kappa shape index (κ1) is 12.7. The Bertz CT molecular complexity index is 574. The third kappa shape index (κ3) is 3.38. The van der Waals surface area contributed by atoms with E-state index in [-0.39, 0.29) is 5.95 Å². The Kier molecular flexibility index (Phi) is 3.87. The molecule has 2 rings (SSSR count). The molecule has 2 aromatic rings. The molecule has 0 spiro atoms. The molecule has 2 N–H and O–H groups in total. The average Bonchev–Trinajstić information content (AvgIpc) is 2.46. The molecule has 0 unspecified atom stereocenters. The van der Waals surface area contributed by atoms with Crippen LogP contribution in [0, 0.1) is 5.82 Å². The molecule has 0 saturated heterocycles. The van der Waals surface area contributed by atoms with Gasteiger partial charge in [0.15, 0.2) is 0 Å². The smallest absolute Gasteiger partial charge is 0.269 e. The van der Waals surface area contributed by atoms with Crippen LogP contribution in [0.1, 0.15) is 10.4 Å². The van der Waals surface area contributed by atoms with Crippen LogP contribution >= 0.6 is 0 Å². The number of hydrazine groups is 1. The fraction of sp³-hybridized carbons (Fsp3) is 0.0833. The first-order chi connectivity index (χ1) is 9.19. The zero-order valence-corrected chi connectivity index (χ0v) is 10.1. The Morgan fingerprint density at radius 3 is 2.68 bits per heavy atom. The van der Waals surface area contributed by atoms with Gasteiger partial charge in [0, 0.05) is 17.8 Å². The van der Waals surface area contributed by atoms with Crippen molar-refractivity contribution in [3.8, 4) is 5.88 Å². The van der Waals surface area contributed by atoms with Crippen LogP contribution < -0.4 is 15.6 Å². The molecule has 0 bridgehead atoms. The second-order valence-electron chi connectivity index (χ2n) is 3.51. The topological polar surface area (TPSA) is 76.1 Å². The van der Waals surface area contributed by atoms with Gasteiger partial charge < -0.3 is 4.74 Å². The van der Waals surface area contributed by atoms with Gasteiger partial charge in [-0.25, -0.2) is 9.37 Å². The highest BCUT2D eigenvalue weighted by Crippen LogP contribution is 2.06. The van der Waals surface area contributed by atoms with Crippen LogP contribution in [0.3, 0.4) is 0 Å². The summed E-state index contributed by atoms with van der Waals surface area (Å²) in [6.45, 7) is 0. The molecule has 1 aromatic heterocycles. The lowest BCUT2D eigenvalue weighted by Gasteiger charge is -2.07. The largest absolute Gasteiger partial charge is 0.481 e. The maximum absolute atomic E-state index is 12.7. The molecule has 0 aliphatic rings. The highest BCUT2D eigenvalue weighted by molar-refractivity contribution is 5.94. The number of carbonyl (C=O) groups is 1. The van der Waals surface area contributed by atoms with E-state index >= 15 is 0 Å². The average molecular weight is 262 g/mol. The van der Waals surface area contributed by atoms with E-state index in [4.69, 9.17) is 4.74 Å². The van der Waals surface area contributed by atoms with E-state index in [1.165, 1.54) is 37.6 Å². The van der Waals surface area contributed by atoms with Crippen LogP contribution in [0.4, 0.5) is 10.3 Å². The molecule has 0 saturated carbocycles. The summed E-state index contributed by atoms with van der Waals surface area (Å²) in [5.74, 6) is -0.268. The van der Waals surface area contributed by atoms with Crippen LogP contribution in [0.25, 0.3) is 0 Å². The summed E-state index contributed by atoms with van der Waals surface area (Å²) in [5, 5.41) is 0. The van der Waals surface area contributed by atoms with Crippen molar-refractivity contribution < 1.29 is 13.9 Å². The van der Waals surface area contributed by atoms with E-state index < -0.39 is 11.7 Å². The molecule has 1 aromatic carbocycles. The van der Waals surface area contributed by atoms with Crippen molar-refractivity contribution in [2.24, 2.45) is 0 Å². The van der Waals surface area contributed by atoms with E-state index in [0.717, 1.165) is 0 Å². The zero-order valence-electron chi connectivity index (χ0n) is 10.1. The summed E-state index contributed by atoms with van der Waals surface area (Å²) < 4.78 is 17.6. The minimum absolute atomic E-state index is 0.190. The molecule has 1 amide bonds. The number of nitrogens with one attached hydrogen (secondary N) is 2. The van der Waals surface area contributed by atoms with E-state index in [2.05, 4.69) is 20.8 Å². The molecule has 6 nitrogen and oxygen atoms in total. The Morgan fingerprint density at radius 1 is 1.26 bits per heavy atom. The van der Waals surface area contributed by atoms with Gasteiger partial charge in [-0.15, -0.1) is 0 Å². The first-order valence-electron chi connectivity index (χ1n) is 5.38. The molecule has 0 aliphatic carbocycles. The fourth-order valence-electron chi connectivity index (χ4n) is 1.30. The van der Waals surface area contributed by atoms with Crippen molar-refractivity contribution in [3.63, 3.8) is 0 Å².